The van der Waals surface area contributed by atoms with Crippen molar-refractivity contribution in [2.75, 3.05) is 11.5 Å². The molecule has 9 heteroatoms. The molecule has 1 amide bonds. The number of amides is 1. The highest BCUT2D eigenvalue weighted by molar-refractivity contribution is 7.99. The Bertz CT molecular complexity index is 616. The average Bonchev–Trinajstić information content (AvgIpc) is 2.76. The van der Waals surface area contributed by atoms with Gasteiger partial charge in [0.1, 0.15) is 5.54 Å². The fourth-order valence-electron chi connectivity index (χ4n) is 1.98. The number of carboxylic acids is 1. The molecule has 20 heavy (non-hydrogen) atoms. The molecule has 4 N–H and O–H groups in total. The number of H-pyrrole nitrogens is 2. The summed E-state index contributed by atoms with van der Waals surface area (Å²) in [6.07, 6.45) is 0.101. The zero-order valence-electron chi connectivity index (χ0n) is 10.4. The fraction of sp³-hybridized carbons (Fsp3) is 0.455. The van der Waals surface area contributed by atoms with Crippen molar-refractivity contribution in [1.29, 1.82) is 0 Å². The first-order valence-electron chi connectivity index (χ1n) is 5.86. The van der Waals surface area contributed by atoms with Crippen molar-refractivity contribution in [3.8, 4) is 0 Å². The molecule has 0 aromatic carbocycles. The first-order chi connectivity index (χ1) is 9.41. The third kappa shape index (κ3) is 3.10. The van der Waals surface area contributed by atoms with Crippen LogP contribution in [0, 0.1) is 0 Å². The molecule has 108 valence electrons. The van der Waals surface area contributed by atoms with E-state index < -0.39 is 28.7 Å². The zero-order valence-corrected chi connectivity index (χ0v) is 11.2. The summed E-state index contributed by atoms with van der Waals surface area (Å²) in [5.74, 6) is -0.652. The number of nitrogens with one attached hydrogen (secondary N) is 3. The first-order valence-corrected chi connectivity index (χ1v) is 7.01. The van der Waals surface area contributed by atoms with Gasteiger partial charge < -0.3 is 15.4 Å². The molecule has 2 rings (SSSR count). The molecule has 1 aromatic rings. The highest BCUT2D eigenvalue weighted by atomic mass is 32.2. The van der Waals surface area contributed by atoms with Gasteiger partial charge in [-0.25, -0.2) is 9.59 Å². The summed E-state index contributed by atoms with van der Waals surface area (Å²) in [7, 11) is 0. The summed E-state index contributed by atoms with van der Waals surface area (Å²) in [5.41, 5.74) is -2.43. The maximum atomic E-state index is 11.9. The highest BCUT2D eigenvalue weighted by Gasteiger charge is 2.43. The molecular formula is C11H13N3O5S. The number of carbonyl (C=O) groups is 2. The van der Waals surface area contributed by atoms with Gasteiger partial charge in [-0.3, -0.25) is 14.6 Å². The van der Waals surface area contributed by atoms with Crippen LogP contribution in [0.15, 0.2) is 15.7 Å². The zero-order chi connectivity index (χ0) is 14.8. The lowest BCUT2D eigenvalue weighted by molar-refractivity contribution is -0.146. The number of aliphatic carboxylic acids is 1. The van der Waals surface area contributed by atoms with Crippen LogP contribution in [0.25, 0.3) is 0 Å². The van der Waals surface area contributed by atoms with Crippen molar-refractivity contribution in [3.63, 3.8) is 0 Å². The standard InChI is InChI=1S/C11H13N3O5S/c15-7-3-6(12-10(19)13-7)4-8(16)14-11(9(17)18)1-2-20-5-11/h3H,1-2,4-5H2,(H,14,16)(H,17,18)(H2,12,13,15,19). The molecule has 1 saturated heterocycles. The topological polar surface area (TPSA) is 132 Å². The van der Waals surface area contributed by atoms with Gasteiger partial charge in [-0.2, -0.15) is 11.8 Å². The van der Waals surface area contributed by atoms with E-state index in [1.165, 1.54) is 11.8 Å². The number of hydrogen-bond acceptors (Lipinski definition) is 5. The Morgan fingerprint density at radius 2 is 2.15 bits per heavy atom. The number of thioether (sulfide) groups is 1. The molecule has 1 fully saturated rings. The third-order valence-corrected chi connectivity index (χ3v) is 4.17. The van der Waals surface area contributed by atoms with Gasteiger partial charge in [-0.05, 0) is 12.2 Å². The number of carboxylic acid groups (broad SMARTS) is 1. The second kappa shape index (κ2) is 5.53. The highest BCUT2D eigenvalue weighted by Crippen LogP contribution is 2.28. The number of rotatable bonds is 4. The summed E-state index contributed by atoms with van der Waals surface area (Å²) in [5, 5.41) is 11.7. The van der Waals surface area contributed by atoms with Crippen molar-refractivity contribution < 1.29 is 14.7 Å². The normalized spacial score (nSPS) is 21.6. The summed E-state index contributed by atoms with van der Waals surface area (Å²) in [6, 6.07) is 1.10. The minimum atomic E-state index is -1.26. The van der Waals surface area contributed by atoms with Crippen LogP contribution in [0.3, 0.4) is 0 Å². The monoisotopic (exact) mass is 299 g/mol. The van der Waals surface area contributed by atoms with Crippen molar-refractivity contribution in [2.24, 2.45) is 0 Å². The largest absolute Gasteiger partial charge is 0.479 e. The lowest BCUT2D eigenvalue weighted by atomic mass is 9.99. The molecule has 1 atom stereocenters. The lowest BCUT2D eigenvalue weighted by Gasteiger charge is -2.24. The summed E-state index contributed by atoms with van der Waals surface area (Å²) in [6.45, 7) is 0. The Morgan fingerprint density at radius 1 is 1.40 bits per heavy atom. The summed E-state index contributed by atoms with van der Waals surface area (Å²) in [4.78, 5) is 49.6. The van der Waals surface area contributed by atoms with Crippen molar-refractivity contribution in [3.05, 3.63) is 32.6 Å². The van der Waals surface area contributed by atoms with E-state index in [4.69, 9.17) is 0 Å². The third-order valence-electron chi connectivity index (χ3n) is 2.98. The SMILES string of the molecule is O=C(Cc1cc(=O)[nH]c(=O)[nH]1)NC1(C(=O)O)CCSC1. The molecule has 1 unspecified atom stereocenters. The number of hydrogen-bond donors (Lipinski definition) is 4. The molecule has 1 aromatic heterocycles. The van der Waals surface area contributed by atoms with Gasteiger partial charge in [-0.1, -0.05) is 0 Å². The van der Waals surface area contributed by atoms with Gasteiger partial charge in [-0.15, -0.1) is 0 Å². The smallest absolute Gasteiger partial charge is 0.330 e. The molecular weight excluding hydrogens is 286 g/mol. The quantitative estimate of drug-likeness (QED) is 0.545. The van der Waals surface area contributed by atoms with Crippen molar-refractivity contribution >= 4 is 23.6 Å². The fourth-order valence-corrected chi connectivity index (χ4v) is 3.31. The Balaban J connectivity index is 2.10. The average molecular weight is 299 g/mol. The van der Waals surface area contributed by atoms with E-state index in [0.29, 0.717) is 17.9 Å². The molecule has 0 radical (unpaired) electrons. The van der Waals surface area contributed by atoms with Crippen LogP contribution in [0.4, 0.5) is 0 Å². The molecule has 2 heterocycles. The molecule has 0 bridgehead atoms. The Hall–Kier alpha value is -2.03. The molecule has 0 saturated carbocycles. The predicted octanol–water partition coefficient (Wildman–Crippen LogP) is -1.32. The predicted molar refractivity (Wildman–Crippen MR) is 71.8 cm³/mol. The maximum absolute atomic E-state index is 11.9. The van der Waals surface area contributed by atoms with Crippen molar-refractivity contribution in [2.45, 2.75) is 18.4 Å². The van der Waals surface area contributed by atoms with Crippen LogP contribution in [0.1, 0.15) is 12.1 Å². The van der Waals surface area contributed by atoms with E-state index >= 15 is 0 Å². The van der Waals surface area contributed by atoms with Gasteiger partial charge in [0.15, 0.2) is 0 Å². The maximum Gasteiger partial charge on any atom is 0.330 e. The Morgan fingerprint density at radius 3 is 2.70 bits per heavy atom. The number of carbonyl (C=O) groups excluding carboxylic acids is 1. The van der Waals surface area contributed by atoms with Crippen LogP contribution >= 0.6 is 11.8 Å². The minimum Gasteiger partial charge on any atom is -0.479 e. The second-order valence-corrected chi connectivity index (χ2v) is 5.63. The summed E-state index contributed by atoms with van der Waals surface area (Å²) >= 11 is 1.45. The van der Waals surface area contributed by atoms with Crippen LogP contribution in [-0.4, -0.2) is 44.0 Å². The second-order valence-electron chi connectivity index (χ2n) is 4.53. The lowest BCUT2D eigenvalue weighted by Crippen LogP contribution is -2.55. The van der Waals surface area contributed by atoms with E-state index in [2.05, 4.69) is 10.3 Å². The van der Waals surface area contributed by atoms with Crippen LogP contribution in [0.2, 0.25) is 0 Å². The number of aromatic amines is 2. The van der Waals surface area contributed by atoms with Crippen LogP contribution < -0.4 is 16.6 Å². The van der Waals surface area contributed by atoms with E-state index in [9.17, 15) is 24.3 Å². The molecule has 1 aliphatic rings. The molecule has 0 aliphatic carbocycles. The first kappa shape index (κ1) is 14.4. The van der Waals surface area contributed by atoms with E-state index in [1.54, 1.807) is 0 Å². The molecule has 1 aliphatic heterocycles. The minimum absolute atomic E-state index is 0.141. The summed E-state index contributed by atoms with van der Waals surface area (Å²) < 4.78 is 0. The van der Waals surface area contributed by atoms with Gasteiger partial charge in [0.2, 0.25) is 5.91 Å². The van der Waals surface area contributed by atoms with Crippen LogP contribution in [-0.2, 0) is 16.0 Å². The Labute approximate surface area is 117 Å². The van der Waals surface area contributed by atoms with Crippen molar-refractivity contribution in [1.82, 2.24) is 15.3 Å². The van der Waals surface area contributed by atoms with Gasteiger partial charge in [0.25, 0.3) is 5.56 Å². The van der Waals surface area contributed by atoms with Crippen LogP contribution in [0.5, 0.6) is 0 Å². The van der Waals surface area contributed by atoms with E-state index in [-0.39, 0.29) is 12.1 Å². The van der Waals surface area contributed by atoms with Gasteiger partial charge in [0.05, 0.1) is 6.42 Å². The Kier molecular flexibility index (Phi) is 3.98. The van der Waals surface area contributed by atoms with E-state index in [1.807, 2.05) is 4.98 Å². The number of aromatic nitrogens is 2. The molecule has 0 spiro atoms. The van der Waals surface area contributed by atoms with E-state index in [0.717, 1.165) is 6.07 Å². The molecule has 8 nitrogen and oxygen atoms in total. The van der Waals surface area contributed by atoms with Gasteiger partial charge in [0, 0.05) is 17.5 Å². The van der Waals surface area contributed by atoms with Gasteiger partial charge >= 0.3 is 11.7 Å².